The number of hydrogen-bond acceptors (Lipinski definition) is 7. The van der Waals surface area contributed by atoms with Crippen LogP contribution in [0.5, 0.6) is 5.88 Å². The number of nitrogens with zero attached hydrogens (tertiary/aromatic N) is 5. The summed E-state index contributed by atoms with van der Waals surface area (Å²) in [5.74, 6) is 1.56. The van der Waals surface area contributed by atoms with E-state index in [9.17, 15) is 4.79 Å². The molecular formula is C20H28N6O4. The van der Waals surface area contributed by atoms with Crippen LogP contribution in [0.15, 0.2) is 6.07 Å². The van der Waals surface area contributed by atoms with Gasteiger partial charge < -0.3 is 15.2 Å². The predicted molar refractivity (Wildman–Crippen MR) is 108 cm³/mol. The molecule has 10 nitrogen and oxygen atoms in total. The maximum absolute atomic E-state index is 11.4. The summed E-state index contributed by atoms with van der Waals surface area (Å²) >= 11 is 0. The van der Waals surface area contributed by atoms with E-state index in [1.165, 1.54) is 5.69 Å². The number of amides is 1. The molecule has 162 valence electrons. The van der Waals surface area contributed by atoms with Crippen LogP contribution < -0.4 is 10.1 Å². The molecule has 0 spiro atoms. The van der Waals surface area contributed by atoms with E-state index in [2.05, 4.69) is 31.3 Å². The number of carbonyl (C=O) groups excluding carboxylic acids is 1. The van der Waals surface area contributed by atoms with Crippen LogP contribution in [0.3, 0.4) is 0 Å². The van der Waals surface area contributed by atoms with Crippen molar-refractivity contribution in [2.24, 2.45) is 0 Å². The molecule has 0 bridgehead atoms. The second-order valence-electron chi connectivity index (χ2n) is 7.40. The van der Waals surface area contributed by atoms with Crippen molar-refractivity contribution in [3.05, 3.63) is 34.5 Å². The lowest BCUT2D eigenvalue weighted by molar-refractivity contribution is -0.123. The van der Waals surface area contributed by atoms with Crippen molar-refractivity contribution in [1.82, 2.24) is 30.0 Å². The fraction of sp³-hybridized carbons (Fsp3) is 0.550. The van der Waals surface area contributed by atoms with Crippen LogP contribution in [-0.4, -0.2) is 61.3 Å². The molecule has 2 aromatic rings. The minimum atomic E-state index is -0.250. The van der Waals surface area contributed by atoms with Gasteiger partial charge in [0, 0.05) is 43.7 Å². The van der Waals surface area contributed by atoms with Crippen LogP contribution in [-0.2, 0) is 35.6 Å². The van der Waals surface area contributed by atoms with Crippen LogP contribution in [0, 0.1) is 13.8 Å². The highest BCUT2D eigenvalue weighted by molar-refractivity contribution is 5.75. The van der Waals surface area contributed by atoms with E-state index in [1.54, 1.807) is 0 Å². The maximum Gasteiger partial charge on any atom is 0.290 e. The molecule has 0 radical (unpaired) electrons. The molecule has 0 aliphatic carbocycles. The van der Waals surface area contributed by atoms with Gasteiger partial charge in [-0.3, -0.25) is 19.2 Å². The normalized spacial score (nSPS) is 17.2. The topological polar surface area (TPSA) is 122 Å². The van der Waals surface area contributed by atoms with E-state index in [-0.39, 0.29) is 18.5 Å². The molecule has 2 N–H and O–H groups in total. The molecule has 4 rings (SSSR count). The first-order valence-corrected chi connectivity index (χ1v) is 10.1. The lowest BCUT2D eigenvalue weighted by Crippen LogP contribution is -2.40. The fourth-order valence-electron chi connectivity index (χ4n) is 3.79. The standard InChI is InChI=1S/C19H26N6O2.CH2O2/c1-4-18(26)20-9-14-7-15-10-24(5-6-25(15)23-14)11-16-8-17-12(2)21-13(3)22-19(17)27-16;2-1-3/h7,16H,4-6,8-11H2,1-3H3,(H,20,26);1H,(H,2,3). The molecule has 2 aromatic heterocycles. The average molecular weight is 416 g/mol. The molecule has 1 atom stereocenters. The Bertz CT molecular complexity index is 913. The van der Waals surface area contributed by atoms with Crippen LogP contribution in [0.4, 0.5) is 0 Å². The van der Waals surface area contributed by atoms with Crippen molar-refractivity contribution < 1.29 is 19.4 Å². The van der Waals surface area contributed by atoms with E-state index in [1.807, 2.05) is 25.5 Å². The highest BCUT2D eigenvalue weighted by Crippen LogP contribution is 2.29. The van der Waals surface area contributed by atoms with E-state index in [0.717, 1.165) is 61.3 Å². The van der Waals surface area contributed by atoms with Crippen LogP contribution in [0.1, 0.15) is 41.8 Å². The number of aryl methyl sites for hydroxylation is 2. The average Bonchev–Trinajstić information content (AvgIpc) is 3.29. The molecule has 0 saturated carbocycles. The molecule has 1 unspecified atom stereocenters. The Labute approximate surface area is 175 Å². The summed E-state index contributed by atoms with van der Waals surface area (Å²) in [5.41, 5.74) is 4.26. The van der Waals surface area contributed by atoms with Crippen LogP contribution in [0.2, 0.25) is 0 Å². The summed E-state index contributed by atoms with van der Waals surface area (Å²) in [7, 11) is 0. The largest absolute Gasteiger partial charge is 0.483 e. The highest BCUT2D eigenvalue weighted by atomic mass is 16.5. The van der Waals surface area contributed by atoms with E-state index < -0.39 is 0 Å². The number of ether oxygens (including phenoxy) is 1. The summed E-state index contributed by atoms with van der Waals surface area (Å²) in [6.07, 6.45) is 1.48. The number of aromatic nitrogens is 4. The Morgan fingerprint density at radius 1 is 1.37 bits per heavy atom. The first-order chi connectivity index (χ1) is 14.4. The van der Waals surface area contributed by atoms with Gasteiger partial charge >= 0.3 is 0 Å². The van der Waals surface area contributed by atoms with Gasteiger partial charge in [0.05, 0.1) is 24.5 Å². The van der Waals surface area contributed by atoms with E-state index in [0.29, 0.717) is 13.0 Å². The molecule has 0 fully saturated rings. The van der Waals surface area contributed by atoms with Crippen molar-refractivity contribution in [2.75, 3.05) is 13.1 Å². The summed E-state index contributed by atoms with van der Waals surface area (Å²) in [6.45, 7) is 9.52. The Morgan fingerprint density at radius 3 is 2.87 bits per heavy atom. The summed E-state index contributed by atoms with van der Waals surface area (Å²) in [5, 5.41) is 14.4. The second kappa shape index (κ2) is 9.66. The van der Waals surface area contributed by atoms with Gasteiger partial charge in [0.2, 0.25) is 11.8 Å². The Hall–Kier alpha value is -3.01. The SMILES string of the molecule is CCC(=O)NCc1cc2n(n1)CCN(CC1Cc3c(C)nc(C)nc3O1)C2.O=CO. The zero-order valence-electron chi connectivity index (χ0n) is 17.6. The van der Waals surface area contributed by atoms with Crippen molar-refractivity contribution >= 4 is 12.4 Å². The molecular weight excluding hydrogens is 388 g/mol. The predicted octanol–water partition coefficient (Wildman–Crippen LogP) is 0.836. The number of nitrogens with one attached hydrogen (secondary N) is 1. The zero-order chi connectivity index (χ0) is 21.7. The smallest absolute Gasteiger partial charge is 0.290 e. The van der Waals surface area contributed by atoms with Gasteiger partial charge in [-0.2, -0.15) is 10.1 Å². The molecule has 10 heteroatoms. The molecule has 2 aliphatic heterocycles. The minimum Gasteiger partial charge on any atom is -0.483 e. The van der Waals surface area contributed by atoms with E-state index >= 15 is 0 Å². The van der Waals surface area contributed by atoms with Gasteiger partial charge in [-0.1, -0.05) is 6.92 Å². The number of rotatable bonds is 5. The van der Waals surface area contributed by atoms with Gasteiger partial charge in [-0.05, 0) is 19.9 Å². The van der Waals surface area contributed by atoms with Crippen LogP contribution in [0.25, 0.3) is 0 Å². The first-order valence-electron chi connectivity index (χ1n) is 10.1. The summed E-state index contributed by atoms with van der Waals surface area (Å²) in [4.78, 5) is 31.1. The third kappa shape index (κ3) is 5.12. The van der Waals surface area contributed by atoms with Gasteiger partial charge in [-0.15, -0.1) is 0 Å². The van der Waals surface area contributed by atoms with Crippen molar-refractivity contribution in [3.8, 4) is 5.88 Å². The summed E-state index contributed by atoms with van der Waals surface area (Å²) < 4.78 is 8.13. The first kappa shape index (κ1) is 21.7. The van der Waals surface area contributed by atoms with Gasteiger partial charge in [0.1, 0.15) is 11.9 Å². The monoisotopic (exact) mass is 416 g/mol. The third-order valence-corrected chi connectivity index (χ3v) is 5.18. The van der Waals surface area contributed by atoms with Crippen molar-refractivity contribution in [3.63, 3.8) is 0 Å². The van der Waals surface area contributed by atoms with Crippen molar-refractivity contribution in [2.45, 2.75) is 59.4 Å². The maximum atomic E-state index is 11.4. The van der Waals surface area contributed by atoms with E-state index in [4.69, 9.17) is 14.6 Å². The lowest BCUT2D eigenvalue weighted by Gasteiger charge is -2.29. The fourth-order valence-corrected chi connectivity index (χ4v) is 3.79. The Kier molecular flexibility index (Phi) is 6.99. The zero-order valence-corrected chi connectivity index (χ0v) is 17.6. The number of hydrogen-bond donors (Lipinski definition) is 2. The van der Waals surface area contributed by atoms with Gasteiger partial charge in [0.25, 0.3) is 6.47 Å². The Balaban J connectivity index is 0.000000806. The highest BCUT2D eigenvalue weighted by Gasteiger charge is 2.30. The number of fused-ring (bicyclic) bond motifs is 2. The molecule has 1 amide bonds. The minimum absolute atomic E-state index is 0.0502. The molecule has 30 heavy (non-hydrogen) atoms. The van der Waals surface area contributed by atoms with Crippen LogP contribution >= 0.6 is 0 Å². The number of carbonyl (C=O) groups is 2. The van der Waals surface area contributed by atoms with Gasteiger partial charge in [0.15, 0.2) is 0 Å². The second-order valence-corrected chi connectivity index (χ2v) is 7.40. The Morgan fingerprint density at radius 2 is 2.13 bits per heavy atom. The van der Waals surface area contributed by atoms with Gasteiger partial charge in [-0.25, -0.2) is 4.98 Å². The van der Waals surface area contributed by atoms with Crippen molar-refractivity contribution in [1.29, 1.82) is 0 Å². The number of carboxylic acid groups (broad SMARTS) is 1. The quantitative estimate of drug-likeness (QED) is 0.688. The third-order valence-electron chi connectivity index (χ3n) is 5.18. The summed E-state index contributed by atoms with van der Waals surface area (Å²) in [6, 6.07) is 2.09. The molecule has 0 aromatic carbocycles. The molecule has 2 aliphatic rings. The lowest BCUT2D eigenvalue weighted by atomic mass is 10.1. The molecule has 0 saturated heterocycles. The molecule has 4 heterocycles.